The molecule has 0 bridgehead atoms. The van der Waals surface area contributed by atoms with Crippen LogP contribution in [0, 0.1) is 0 Å². The minimum Gasteiger partial charge on any atom is -0.247 e. The molecule has 0 aliphatic rings. The molecule has 0 spiro atoms. The summed E-state index contributed by atoms with van der Waals surface area (Å²) in [5.41, 5.74) is 0. The summed E-state index contributed by atoms with van der Waals surface area (Å²) in [5.74, 6) is 2.21. The molecule has 200 valence electrons. The predicted molar refractivity (Wildman–Crippen MR) is 152 cm³/mol. The number of nitrogens with one attached hydrogen (secondary N) is 1. The van der Waals surface area contributed by atoms with Crippen LogP contribution in [0.25, 0.3) is 0 Å². The maximum absolute atomic E-state index is 3.59. The van der Waals surface area contributed by atoms with Gasteiger partial charge in [0.15, 0.2) is 0 Å². The molecule has 1 aromatic heterocycles. The quantitative estimate of drug-likeness (QED) is 0.101. The molecule has 1 heterocycles. The van der Waals surface area contributed by atoms with Gasteiger partial charge in [-0.1, -0.05) is 155 Å². The van der Waals surface area contributed by atoms with E-state index in [1.54, 1.807) is 0 Å². The lowest BCUT2D eigenvalue weighted by Crippen LogP contribution is -2.36. The Labute approximate surface area is 215 Å². The zero-order valence-corrected chi connectivity index (χ0v) is 23.9. The van der Waals surface area contributed by atoms with Crippen molar-refractivity contribution in [3.8, 4) is 0 Å². The number of nitrogens with zero attached hydrogens (tertiary/aromatic N) is 1. The van der Waals surface area contributed by atoms with Crippen molar-refractivity contribution in [1.29, 1.82) is 0 Å². The Morgan fingerprint density at radius 3 is 1.24 bits per heavy atom. The first-order valence-electron chi connectivity index (χ1n) is 15.9. The number of H-pyrrole nitrogens is 1. The minimum absolute atomic E-state index is 0.729. The summed E-state index contributed by atoms with van der Waals surface area (Å²) in [4.78, 5) is 3.59. The van der Waals surface area contributed by atoms with Gasteiger partial charge in [0.1, 0.15) is 12.4 Å². The first-order chi connectivity index (χ1) is 16.8. The van der Waals surface area contributed by atoms with E-state index < -0.39 is 0 Å². The third-order valence-corrected chi connectivity index (χ3v) is 7.83. The number of aryl methyl sites for hydroxylation is 1. The Balaban J connectivity index is 2.04. The average Bonchev–Trinajstić information content (AvgIpc) is 3.33. The molecule has 0 radical (unpaired) electrons. The number of aromatic nitrogens is 2. The molecule has 2 nitrogen and oxygen atoms in total. The topological polar surface area (TPSA) is 19.7 Å². The maximum atomic E-state index is 3.59. The lowest BCUT2D eigenvalue weighted by molar-refractivity contribution is -0.701. The molecule has 0 aliphatic heterocycles. The van der Waals surface area contributed by atoms with Crippen LogP contribution in [-0.4, -0.2) is 4.98 Å². The predicted octanol–water partition coefficient (Wildman–Crippen LogP) is 10.8. The van der Waals surface area contributed by atoms with Crippen molar-refractivity contribution >= 4 is 0 Å². The molecule has 0 saturated carbocycles. The van der Waals surface area contributed by atoms with E-state index in [1.165, 1.54) is 160 Å². The first-order valence-corrected chi connectivity index (χ1v) is 15.9. The third kappa shape index (κ3) is 16.8. The SMILES string of the molecule is CCCCCCCCCCCCCCCCCC[C@H](CCCCCCCC)c1[nH]cc[n+]1CC. The second-order valence-corrected chi connectivity index (χ2v) is 11.0. The summed E-state index contributed by atoms with van der Waals surface area (Å²) >= 11 is 0. The van der Waals surface area contributed by atoms with Crippen LogP contribution < -0.4 is 4.57 Å². The Hall–Kier alpha value is -0.790. The molecule has 1 N–H and O–H groups in total. The van der Waals surface area contributed by atoms with Gasteiger partial charge >= 0.3 is 0 Å². The van der Waals surface area contributed by atoms with Crippen LogP contribution >= 0.6 is 0 Å². The van der Waals surface area contributed by atoms with Gasteiger partial charge in [0, 0.05) is 0 Å². The van der Waals surface area contributed by atoms with Crippen molar-refractivity contribution in [1.82, 2.24) is 4.98 Å². The molecule has 0 fully saturated rings. The lowest BCUT2D eigenvalue weighted by Gasteiger charge is -2.14. The van der Waals surface area contributed by atoms with E-state index >= 15 is 0 Å². The average molecular weight is 476 g/mol. The number of hydrogen-bond acceptors (Lipinski definition) is 0. The number of hydrogen-bond donors (Lipinski definition) is 1. The summed E-state index contributed by atoms with van der Waals surface area (Å²) < 4.78 is 2.44. The van der Waals surface area contributed by atoms with Gasteiger partial charge < -0.3 is 0 Å². The van der Waals surface area contributed by atoms with E-state index in [4.69, 9.17) is 0 Å². The number of rotatable bonds is 26. The molecule has 0 aliphatic carbocycles. The molecule has 1 rings (SSSR count). The van der Waals surface area contributed by atoms with Crippen LogP contribution in [0.2, 0.25) is 0 Å². The van der Waals surface area contributed by atoms with Crippen LogP contribution in [-0.2, 0) is 6.54 Å². The molecule has 1 atom stereocenters. The van der Waals surface area contributed by atoms with E-state index in [9.17, 15) is 0 Å². The third-order valence-electron chi connectivity index (χ3n) is 7.83. The number of aromatic amines is 1. The first kappa shape index (κ1) is 31.2. The van der Waals surface area contributed by atoms with Crippen molar-refractivity contribution in [3.63, 3.8) is 0 Å². The Morgan fingerprint density at radius 2 is 0.882 bits per heavy atom. The Morgan fingerprint density at radius 1 is 0.529 bits per heavy atom. The Bertz CT molecular complexity index is 521. The molecule has 2 heteroatoms. The highest BCUT2D eigenvalue weighted by Crippen LogP contribution is 2.26. The van der Waals surface area contributed by atoms with Crippen LogP contribution in [0.1, 0.15) is 187 Å². The van der Waals surface area contributed by atoms with Crippen LogP contribution in [0.4, 0.5) is 0 Å². The highest BCUT2D eigenvalue weighted by Gasteiger charge is 2.21. The monoisotopic (exact) mass is 475 g/mol. The van der Waals surface area contributed by atoms with E-state index in [0.717, 1.165) is 12.5 Å². The second-order valence-electron chi connectivity index (χ2n) is 11.0. The zero-order valence-electron chi connectivity index (χ0n) is 23.9. The van der Waals surface area contributed by atoms with Crippen molar-refractivity contribution < 1.29 is 4.57 Å². The maximum Gasteiger partial charge on any atom is 0.257 e. The molecule has 1 aromatic rings. The van der Waals surface area contributed by atoms with Crippen LogP contribution in [0.15, 0.2) is 12.4 Å². The fraction of sp³-hybridized carbons (Fsp3) is 0.906. The second kappa shape index (κ2) is 23.9. The van der Waals surface area contributed by atoms with Crippen LogP contribution in [0.5, 0.6) is 0 Å². The van der Waals surface area contributed by atoms with Crippen molar-refractivity contribution in [3.05, 3.63) is 18.2 Å². The molecule has 0 amide bonds. The number of unbranched alkanes of at least 4 members (excludes halogenated alkanes) is 20. The number of imidazole rings is 1. The van der Waals surface area contributed by atoms with E-state index in [1.807, 2.05) is 0 Å². The van der Waals surface area contributed by atoms with Gasteiger partial charge in [0.05, 0.1) is 12.5 Å². The summed E-state index contributed by atoms with van der Waals surface area (Å²) in [6.07, 6.45) is 38.8. The van der Waals surface area contributed by atoms with E-state index in [2.05, 4.69) is 42.7 Å². The summed E-state index contributed by atoms with van der Waals surface area (Å²) in [6, 6.07) is 0. The fourth-order valence-corrected chi connectivity index (χ4v) is 5.53. The van der Waals surface area contributed by atoms with Gasteiger partial charge in [0.2, 0.25) is 0 Å². The Kier molecular flexibility index (Phi) is 22.0. The summed E-state index contributed by atoms with van der Waals surface area (Å²) in [6.45, 7) is 7.97. The largest absolute Gasteiger partial charge is 0.257 e. The standard InChI is InChI=1S/C32H62N2/c1-4-7-9-11-13-14-15-16-17-18-19-20-21-22-24-26-28-31(27-25-23-12-10-8-5-2)32-33-29-30-34(32)6-3/h29-31H,4-28H2,1-3H3/p+1/t31-/m0/s1. The van der Waals surface area contributed by atoms with Crippen molar-refractivity contribution in [2.45, 2.75) is 187 Å². The van der Waals surface area contributed by atoms with Crippen LogP contribution in [0.3, 0.4) is 0 Å². The molecule has 0 saturated heterocycles. The van der Waals surface area contributed by atoms with Gasteiger partial charge in [-0.2, -0.15) is 0 Å². The normalized spacial score (nSPS) is 12.4. The highest BCUT2D eigenvalue weighted by atomic mass is 15.1. The highest BCUT2D eigenvalue weighted by molar-refractivity contribution is 4.90. The summed E-state index contributed by atoms with van der Waals surface area (Å²) in [7, 11) is 0. The van der Waals surface area contributed by atoms with Gasteiger partial charge in [0.25, 0.3) is 5.82 Å². The van der Waals surface area contributed by atoms with E-state index in [-0.39, 0.29) is 0 Å². The van der Waals surface area contributed by atoms with Crippen molar-refractivity contribution in [2.75, 3.05) is 0 Å². The molecule has 0 aromatic carbocycles. The van der Waals surface area contributed by atoms with Gasteiger partial charge in [-0.05, 0) is 19.8 Å². The summed E-state index contributed by atoms with van der Waals surface area (Å²) in [5, 5.41) is 0. The zero-order chi connectivity index (χ0) is 24.5. The molecule has 34 heavy (non-hydrogen) atoms. The van der Waals surface area contributed by atoms with E-state index in [0.29, 0.717) is 0 Å². The van der Waals surface area contributed by atoms with Crippen molar-refractivity contribution in [2.24, 2.45) is 0 Å². The fourth-order valence-electron chi connectivity index (χ4n) is 5.53. The molecule has 0 unspecified atom stereocenters. The lowest BCUT2D eigenvalue weighted by atomic mass is 9.93. The molecular weight excluding hydrogens is 412 g/mol. The smallest absolute Gasteiger partial charge is 0.247 e. The van der Waals surface area contributed by atoms with Gasteiger partial charge in [-0.3, -0.25) is 0 Å². The minimum atomic E-state index is 0.729. The van der Waals surface area contributed by atoms with Gasteiger partial charge in [-0.15, -0.1) is 0 Å². The van der Waals surface area contributed by atoms with Gasteiger partial charge in [-0.25, -0.2) is 9.55 Å². The molecular formula is C32H63N2+.